The maximum atomic E-state index is 11.6. The molecule has 0 fully saturated rings. The molecule has 0 aliphatic carbocycles. The molecule has 0 aliphatic heterocycles. The molecular formula is C5H8ClF6NO. The molecule has 0 aromatic rings. The van der Waals surface area contributed by atoms with Gasteiger partial charge in [-0.25, -0.2) is 0 Å². The van der Waals surface area contributed by atoms with Gasteiger partial charge in [0.05, 0.1) is 0 Å². The molecule has 0 saturated carbocycles. The van der Waals surface area contributed by atoms with Gasteiger partial charge in [0, 0.05) is 6.42 Å². The molecule has 0 spiro atoms. The molecule has 88 valence electrons. The zero-order valence-corrected chi connectivity index (χ0v) is 7.38. The number of aliphatic hydroxyl groups excluding tert-OH is 1. The minimum Gasteiger partial charge on any atom is -0.384 e. The molecule has 0 rings (SSSR count). The first-order chi connectivity index (χ1) is 5.55. The van der Waals surface area contributed by atoms with Crippen LogP contribution in [0, 0.1) is 0 Å². The van der Waals surface area contributed by atoms with Gasteiger partial charge in [-0.3, -0.25) is 0 Å². The van der Waals surface area contributed by atoms with Crippen molar-refractivity contribution in [1.29, 1.82) is 0 Å². The summed E-state index contributed by atoms with van der Waals surface area (Å²) in [4.78, 5) is 0. The summed E-state index contributed by atoms with van der Waals surface area (Å²) in [6.07, 6.45) is -14.6. The highest BCUT2D eigenvalue weighted by Gasteiger charge is 2.45. The second kappa shape index (κ2) is 5.04. The Morgan fingerprint density at radius 2 is 1.36 bits per heavy atom. The Morgan fingerprint density at radius 1 is 1.00 bits per heavy atom. The van der Waals surface area contributed by atoms with Crippen molar-refractivity contribution >= 4 is 12.4 Å². The van der Waals surface area contributed by atoms with Crippen molar-refractivity contribution in [3.8, 4) is 0 Å². The highest BCUT2D eigenvalue weighted by molar-refractivity contribution is 5.85. The van der Waals surface area contributed by atoms with E-state index in [2.05, 4.69) is 5.73 Å². The van der Waals surface area contributed by atoms with Gasteiger partial charge in [-0.2, -0.15) is 26.3 Å². The fourth-order valence-corrected chi connectivity index (χ4v) is 0.508. The van der Waals surface area contributed by atoms with Gasteiger partial charge in [0.15, 0.2) is 6.10 Å². The van der Waals surface area contributed by atoms with Crippen LogP contribution in [0.1, 0.15) is 6.42 Å². The van der Waals surface area contributed by atoms with Gasteiger partial charge in [0.1, 0.15) is 6.04 Å². The number of hydrogen-bond acceptors (Lipinski definition) is 2. The van der Waals surface area contributed by atoms with E-state index in [4.69, 9.17) is 5.11 Å². The van der Waals surface area contributed by atoms with Crippen LogP contribution >= 0.6 is 12.4 Å². The van der Waals surface area contributed by atoms with Crippen LogP contribution in [0.5, 0.6) is 0 Å². The number of halogens is 7. The average molecular weight is 248 g/mol. The number of rotatable bonds is 2. The van der Waals surface area contributed by atoms with Crippen LogP contribution in [0.25, 0.3) is 0 Å². The van der Waals surface area contributed by atoms with Gasteiger partial charge >= 0.3 is 12.4 Å². The molecule has 0 aromatic heterocycles. The Bertz CT molecular complexity index is 151. The molecule has 3 N–H and O–H groups in total. The zero-order valence-electron chi connectivity index (χ0n) is 6.56. The van der Waals surface area contributed by atoms with Gasteiger partial charge < -0.3 is 10.8 Å². The van der Waals surface area contributed by atoms with Crippen molar-refractivity contribution in [2.75, 3.05) is 0 Å². The Labute approximate surface area is 81.5 Å². The third-order valence-corrected chi connectivity index (χ3v) is 1.28. The summed E-state index contributed by atoms with van der Waals surface area (Å²) in [6, 6.07) is -2.66. The fourth-order valence-electron chi connectivity index (χ4n) is 0.508. The van der Waals surface area contributed by atoms with E-state index in [0.717, 1.165) is 0 Å². The second-order valence-corrected chi connectivity index (χ2v) is 2.44. The van der Waals surface area contributed by atoms with E-state index in [1.165, 1.54) is 0 Å². The van der Waals surface area contributed by atoms with E-state index in [1.54, 1.807) is 0 Å². The normalized spacial score (nSPS) is 17.1. The molecule has 0 heterocycles. The minimum absolute atomic E-state index is 0. The Morgan fingerprint density at radius 3 is 1.57 bits per heavy atom. The van der Waals surface area contributed by atoms with Crippen molar-refractivity contribution in [2.24, 2.45) is 5.73 Å². The Kier molecular flexibility index (Phi) is 5.84. The number of hydrogen-bond donors (Lipinski definition) is 2. The summed E-state index contributed by atoms with van der Waals surface area (Å²) >= 11 is 0. The molecule has 9 heteroatoms. The fraction of sp³-hybridized carbons (Fsp3) is 1.00. The molecule has 2 nitrogen and oxygen atoms in total. The molecule has 0 amide bonds. The summed E-state index contributed by atoms with van der Waals surface area (Å²) in [5, 5.41) is 8.21. The lowest BCUT2D eigenvalue weighted by molar-refractivity contribution is -0.219. The first kappa shape index (κ1) is 16.2. The van der Waals surface area contributed by atoms with E-state index in [-0.39, 0.29) is 12.4 Å². The van der Waals surface area contributed by atoms with Gasteiger partial charge in [0.25, 0.3) is 0 Å². The minimum atomic E-state index is -5.07. The van der Waals surface area contributed by atoms with Crippen LogP contribution in [0.4, 0.5) is 26.3 Å². The number of nitrogens with two attached hydrogens (primary N) is 1. The molecule has 0 radical (unpaired) electrons. The molecule has 0 bridgehead atoms. The van der Waals surface area contributed by atoms with E-state index in [1.807, 2.05) is 0 Å². The predicted molar refractivity (Wildman–Crippen MR) is 38.0 cm³/mol. The van der Waals surface area contributed by atoms with Crippen molar-refractivity contribution in [2.45, 2.75) is 30.9 Å². The van der Waals surface area contributed by atoms with Crippen LogP contribution in [-0.2, 0) is 0 Å². The second-order valence-electron chi connectivity index (χ2n) is 2.44. The van der Waals surface area contributed by atoms with Crippen LogP contribution in [-0.4, -0.2) is 29.6 Å². The molecule has 14 heavy (non-hydrogen) atoms. The van der Waals surface area contributed by atoms with Gasteiger partial charge in [-0.1, -0.05) is 0 Å². The molecule has 0 saturated heterocycles. The Hall–Kier alpha value is -0.210. The molecular weight excluding hydrogens is 240 g/mol. The highest BCUT2D eigenvalue weighted by Crippen LogP contribution is 2.28. The van der Waals surface area contributed by atoms with E-state index in [0.29, 0.717) is 0 Å². The van der Waals surface area contributed by atoms with Crippen LogP contribution in [0.15, 0.2) is 0 Å². The lowest BCUT2D eigenvalue weighted by Gasteiger charge is -2.20. The van der Waals surface area contributed by atoms with Crippen LogP contribution < -0.4 is 5.73 Å². The van der Waals surface area contributed by atoms with Crippen molar-refractivity contribution in [1.82, 2.24) is 0 Å². The summed E-state index contributed by atoms with van der Waals surface area (Å²) in [7, 11) is 0. The summed E-state index contributed by atoms with van der Waals surface area (Å²) in [5.41, 5.74) is 4.36. The average Bonchev–Trinajstić information content (AvgIpc) is 1.82. The first-order valence-corrected chi connectivity index (χ1v) is 3.12. The first-order valence-electron chi connectivity index (χ1n) is 3.12. The lowest BCUT2D eigenvalue weighted by atomic mass is 10.1. The van der Waals surface area contributed by atoms with Crippen LogP contribution in [0.3, 0.4) is 0 Å². The number of aliphatic hydroxyl groups is 1. The highest BCUT2D eigenvalue weighted by atomic mass is 35.5. The molecule has 2 atom stereocenters. The monoisotopic (exact) mass is 247 g/mol. The standard InChI is InChI=1S/C5H7F6NO.ClH/c6-4(7,8)2(12)1-3(13)5(9,10)11;/h2-3,13H,1,12H2;1H/t2-,3+;/m1./s1. The topological polar surface area (TPSA) is 46.2 Å². The smallest absolute Gasteiger partial charge is 0.384 e. The zero-order chi connectivity index (χ0) is 10.9. The largest absolute Gasteiger partial charge is 0.414 e. The van der Waals surface area contributed by atoms with Gasteiger partial charge in [-0.05, 0) is 0 Å². The summed E-state index contributed by atoms with van der Waals surface area (Å²) in [5.74, 6) is 0. The maximum absolute atomic E-state index is 11.6. The Balaban J connectivity index is 0. The van der Waals surface area contributed by atoms with Gasteiger partial charge in [-0.15, -0.1) is 12.4 Å². The lowest BCUT2D eigenvalue weighted by Crippen LogP contribution is -2.43. The molecule has 0 aliphatic rings. The molecule has 0 unspecified atom stereocenters. The van der Waals surface area contributed by atoms with Crippen LogP contribution in [0.2, 0.25) is 0 Å². The van der Waals surface area contributed by atoms with Crippen molar-refractivity contribution < 1.29 is 31.4 Å². The molecule has 0 aromatic carbocycles. The predicted octanol–water partition coefficient (Wildman–Crippen LogP) is 1.61. The summed E-state index contributed by atoms with van der Waals surface area (Å²) in [6.45, 7) is 0. The van der Waals surface area contributed by atoms with Gasteiger partial charge in [0.2, 0.25) is 0 Å². The van der Waals surface area contributed by atoms with E-state index in [9.17, 15) is 26.3 Å². The third kappa shape index (κ3) is 5.51. The quantitative estimate of drug-likeness (QED) is 0.729. The van der Waals surface area contributed by atoms with Crippen molar-refractivity contribution in [3.63, 3.8) is 0 Å². The SMILES string of the molecule is Cl.N[C@H](C[C@H](O)C(F)(F)F)C(F)(F)F. The van der Waals surface area contributed by atoms with E-state index >= 15 is 0 Å². The summed E-state index contributed by atoms with van der Waals surface area (Å²) < 4.78 is 69.4. The van der Waals surface area contributed by atoms with Crippen molar-refractivity contribution in [3.05, 3.63) is 0 Å². The third-order valence-electron chi connectivity index (χ3n) is 1.28. The number of alkyl halides is 6. The van der Waals surface area contributed by atoms with E-state index < -0.39 is 30.9 Å². The maximum Gasteiger partial charge on any atom is 0.414 e.